The molecule has 0 saturated carbocycles. The van der Waals surface area contributed by atoms with E-state index in [-0.39, 0.29) is 4.90 Å². The van der Waals surface area contributed by atoms with Gasteiger partial charge in [-0.3, -0.25) is 14.8 Å². The first-order chi connectivity index (χ1) is 15.3. The fourth-order valence-electron chi connectivity index (χ4n) is 2.94. The van der Waals surface area contributed by atoms with Gasteiger partial charge in [0.25, 0.3) is 15.9 Å². The minimum absolute atomic E-state index is 0.0644. The zero-order valence-electron chi connectivity index (χ0n) is 17.4. The topological polar surface area (TPSA) is 101 Å². The lowest BCUT2D eigenvalue weighted by atomic mass is 10.1. The van der Waals surface area contributed by atoms with Gasteiger partial charge in [-0.1, -0.05) is 47.7 Å². The summed E-state index contributed by atoms with van der Waals surface area (Å²) in [6.07, 6.45) is 0. The lowest BCUT2D eigenvalue weighted by Crippen LogP contribution is -2.15. The van der Waals surface area contributed by atoms with E-state index in [0.29, 0.717) is 21.4 Å². The molecule has 2 N–H and O–H groups in total. The number of aryl methyl sites for hydroxylation is 2. The lowest BCUT2D eigenvalue weighted by molar-refractivity contribution is 0.102. The Morgan fingerprint density at radius 3 is 2.28 bits per heavy atom. The van der Waals surface area contributed by atoms with E-state index in [0.717, 1.165) is 16.7 Å². The number of nitrogens with one attached hydrogen (secondary N) is 2. The van der Waals surface area contributed by atoms with E-state index in [2.05, 4.69) is 20.2 Å². The zero-order chi connectivity index (χ0) is 22.7. The van der Waals surface area contributed by atoms with Crippen molar-refractivity contribution >= 4 is 38.1 Å². The molecule has 3 aromatic carbocycles. The van der Waals surface area contributed by atoms with Crippen molar-refractivity contribution in [2.45, 2.75) is 18.7 Å². The predicted molar refractivity (Wildman–Crippen MR) is 126 cm³/mol. The van der Waals surface area contributed by atoms with Crippen molar-refractivity contribution < 1.29 is 13.2 Å². The molecule has 0 atom stereocenters. The van der Waals surface area contributed by atoms with Crippen LogP contribution in [-0.4, -0.2) is 24.5 Å². The van der Waals surface area contributed by atoms with Gasteiger partial charge in [0, 0.05) is 16.8 Å². The number of hydrogen-bond acceptors (Lipinski definition) is 6. The molecule has 7 nitrogen and oxygen atoms in total. The van der Waals surface area contributed by atoms with Gasteiger partial charge in [-0.15, -0.1) is 10.2 Å². The summed E-state index contributed by atoms with van der Waals surface area (Å²) in [5.41, 5.74) is 3.78. The summed E-state index contributed by atoms with van der Waals surface area (Å²) in [6, 6.07) is 20.6. The van der Waals surface area contributed by atoms with Crippen molar-refractivity contribution in [3.05, 3.63) is 89.5 Å². The monoisotopic (exact) mass is 464 g/mol. The van der Waals surface area contributed by atoms with Crippen molar-refractivity contribution in [1.29, 1.82) is 0 Å². The molecule has 0 fully saturated rings. The molecular formula is C23H20N4O3S2. The molecule has 0 aliphatic carbocycles. The van der Waals surface area contributed by atoms with Crippen LogP contribution in [0.4, 0.5) is 10.8 Å². The van der Waals surface area contributed by atoms with Crippen molar-refractivity contribution in [3.63, 3.8) is 0 Å². The van der Waals surface area contributed by atoms with Crippen molar-refractivity contribution in [3.8, 4) is 10.6 Å². The van der Waals surface area contributed by atoms with Gasteiger partial charge < -0.3 is 0 Å². The maximum absolute atomic E-state index is 12.7. The average Bonchev–Trinajstić information content (AvgIpc) is 3.25. The Morgan fingerprint density at radius 1 is 0.875 bits per heavy atom. The maximum Gasteiger partial charge on any atom is 0.261 e. The van der Waals surface area contributed by atoms with E-state index in [9.17, 15) is 13.2 Å². The molecule has 1 aromatic heterocycles. The molecule has 0 saturated heterocycles. The lowest BCUT2D eigenvalue weighted by Gasteiger charge is -2.10. The number of rotatable bonds is 6. The van der Waals surface area contributed by atoms with E-state index in [1.165, 1.54) is 35.6 Å². The van der Waals surface area contributed by atoms with E-state index < -0.39 is 15.9 Å². The molecule has 0 aliphatic heterocycles. The number of carbonyl (C=O) groups excluding carboxylic acids is 1. The number of aromatic nitrogens is 2. The van der Waals surface area contributed by atoms with E-state index in [4.69, 9.17) is 0 Å². The molecule has 4 rings (SSSR count). The summed E-state index contributed by atoms with van der Waals surface area (Å²) < 4.78 is 27.9. The highest BCUT2D eigenvalue weighted by atomic mass is 32.2. The van der Waals surface area contributed by atoms with Crippen LogP contribution in [0.15, 0.2) is 77.7 Å². The summed E-state index contributed by atoms with van der Waals surface area (Å²) in [5, 5.41) is 11.9. The van der Waals surface area contributed by atoms with Crippen molar-refractivity contribution in [2.75, 3.05) is 10.0 Å². The molecule has 162 valence electrons. The van der Waals surface area contributed by atoms with Crippen LogP contribution in [0, 0.1) is 13.8 Å². The minimum atomic E-state index is -3.77. The first kappa shape index (κ1) is 21.7. The highest BCUT2D eigenvalue weighted by Crippen LogP contribution is 2.26. The third kappa shape index (κ3) is 4.84. The first-order valence-electron chi connectivity index (χ1n) is 9.72. The van der Waals surface area contributed by atoms with Crippen LogP contribution < -0.4 is 10.0 Å². The number of carbonyl (C=O) groups is 1. The molecule has 0 spiro atoms. The molecule has 0 unspecified atom stereocenters. The largest absolute Gasteiger partial charge is 0.296 e. The number of hydrogen-bond donors (Lipinski definition) is 2. The van der Waals surface area contributed by atoms with Gasteiger partial charge >= 0.3 is 0 Å². The van der Waals surface area contributed by atoms with Gasteiger partial charge in [0.05, 0.1) is 4.90 Å². The number of benzene rings is 3. The van der Waals surface area contributed by atoms with E-state index in [1.807, 2.05) is 50.2 Å². The van der Waals surface area contributed by atoms with Gasteiger partial charge in [-0.05, 0) is 61.4 Å². The van der Waals surface area contributed by atoms with Crippen LogP contribution in [0.5, 0.6) is 0 Å². The van der Waals surface area contributed by atoms with Gasteiger partial charge in [0.1, 0.15) is 5.01 Å². The van der Waals surface area contributed by atoms with Crippen LogP contribution in [0.2, 0.25) is 0 Å². The number of sulfonamides is 1. The minimum Gasteiger partial charge on any atom is -0.296 e. The molecule has 0 bridgehead atoms. The summed E-state index contributed by atoms with van der Waals surface area (Å²) in [5.74, 6) is -0.396. The van der Waals surface area contributed by atoms with Gasteiger partial charge in [-0.2, -0.15) is 0 Å². The zero-order valence-corrected chi connectivity index (χ0v) is 19.0. The van der Waals surface area contributed by atoms with Gasteiger partial charge in [0.2, 0.25) is 5.13 Å². The van der Waals surface area contributed by atoms with Gasteiger partial charge in [0.15, 0.2) is 0 Å². The molecular weight excluding hydrogens is 444 g/mol. The second-order valence-electron chi connectivity index (χ2n) is 7.16. The van der Waals surface area contributed by atoms with Crippen LogP contribution in [0.1, 0.15) is 21.5 Å². The van der Waals surface area contributed by atoms with E-state index in [1.54, 1.807) is 12.1 Å². The quantitative estimate of drug-likeness (QED) is 0.424. The Labute approximate surface area is 190 Å². The highest BCUT2D eigenvalue weighted by molar-refractivity contribution is 7.92. The van der Waals surface area contributed by atoms with Crippen LogP contribution in [0.3, 0.4) is 0 Å². The second-order valence-corrected chi connectivity index (χ2v) is 9.82. The Balaban J connectivity index is 1.45. The summed E-state index contributed by atoms with van der Waals surface area (Å²) in [7, 11) is -3.77. The average molecular weight is 465 g/mol. The molecule has 4 aromatic rings. The molecule has 1 amide bonds. The summed E-state index contributed by atoms with van der Waals surface area (Å²) in [4.78, 5) is 12.6. The Bertz CT molecular complexity index is 1370. The molecule has 0 radical (unpaired) electrons. The number of nitrogens with zero attached hydrogens (tertiary/aromatic N) is 2. The fourth-order valence-corrected chi connectivity index (χ4v) is 4.74. The SMILES string of the molecule is Cc1ccc(NS(=O)(=O)c2ccc(C(=O)Nc3nnc(-c4ccccc4)s3)cc2)cc1C. The normalized spacial score (nSPS) is 11.2. The molecule has 1 heterocycles. The fraction of sp³-hybridized carbons (Fsp3) is 0.0870. The van der Waals surface area contributed by atoms with Gasteiger partial charge in [-0.25, -0.2) is 8.42 Å². The Morgan fingerprint density at radius 2 is 1.59 bits per heavy atom. The second kappa shape index (κ2) is 8.89. The number of amides is 1. The molecule has 0 aliphatic rings. The Hall–Kier alpha value is -3.56. The van der Waals surface area contributed by atoms with Crippen LogP contribution >= 0.6 is 11.3 Å². The first-order valence-corrected chi connectivity index (χ1v) is 12.0. The predicted octanol–water partition coefficient (Wildman–Crippen LogP) is 4.88. The third-order valence-electron chi connectivity index (χ3n) is 4.85. The molecule has 9 heteroatoms. The maximum atomic E-state index is 12.7. The molecule has 32 heavy (non-hydrogen) atoms. The van der Waals surface area contributed by atoms with Crippen LogP contribution in [-0.2, 0) is 10.0 Å². The summed E-state index contributed by atoms with van der Waals surface area (Å²) >= 11 is 1.26. The third-order valence-corrected chi connectivity index (χ3v) is 7.14. The highest BCUT2D eigenvalue weighted by Gasteiger charge is 2.16. The standard InChI is InChI=1S/C23H20N4O3S2/c1-15-8-11-19(14-16(15)2)27-32(29,30)20-12-9-17(10-13-20)21(28)24-23-26-25-22(31-23)18-6-4-3-5-7-18/h3-14,27H,1-2H3,(H,24,26,28). The van der Waals surface area contributed by atoms with E-state index >= 15 is 0 Å². The van der Waals surface area contributed by atoms with Crippen molar-refractivity contribution in [2.24, 2.45) is 0 Å². The van der Waals surface area contributed by atoms with Crippen molar-refractivity contribution in [1.82, 2.24) is 10.2 Å². The van der Waals surface area contributed by atoms with Crippen LogP contribution in [0.25, 0.3) is 10.6 Å². The number of anilines is 2. The smallest absolute Gasteiger partial charge is 0.261 e. The Kier molecular flexibility index (Phi) is 6.02. The summed E-state index contributed by atoms with van der Waals surface area (Å²) in [6.45, 7) is 3.88.